The first-order valence-corrected chi connectivity index (χ1v) is 5.73. The van der Waals surface area contributed by atoms with Gasteiger partial charge in [0.15, 0.2) is 0 Å². The van der Waals surface area contributed by atoms with E-state index in [-0.39, 0.29) is 5.76 Å². The number of nitrogens with one attached hydrogen (secondary N) is 1. The summed E-state index contributed by atoms with van der Waals surface area (Å²) in [6.45, 7) is 3.22. The van der Waals surface area contributed by atoms with Crippen molar-refractivity contribution < 1.29 is 14.3 Å². The number of rotatable bonds is 5. The molecular weight excluding hydrogens is 230 g/mol. The first-order chi connectivity index (χ1) is 8.66. The number of furan rings is 1. The third-order valence-electron chi connectivity index (χ3n) is 2.67. The van der Waals surface area contributed by atoms with Gasteiger partial charge >= 0.3 is 5.97 Å². The molecule has 4 nitrogen and oxygen atoms in total. The summed E-state index contributed by atoms with van der Waals surface area (Å²) in [4.78, 5) is 10.8. The van der Waals surface area contributed by atoms with Crippen molar-refractivity contribution in [2.45, 2.75) is 20.0 Å². The van der Waals surface area contributed by atoms with Gasteiger partial charge in [0.25, 0.3) is 0 Å². The smallest absolute Gasteiger partial charge is 0.372 e. The van der Waals surface area contributed by atoms with Gasteiger partial charge in [-0.2, -0.15) is 0 Å². The lowest BCUT2D eigenvalue weighted by molar-refractivity contribution is 0.0660. The van der Waals surface area contributed by atoms with Gasteiger partial charge in [0.1, 0.15) is 0 Å². The number of carboxylic acid groups (broad SMARTS) is 1. The summed E-state index contributed by atoms with van der Waals surface area (Å²) < 4.78 is 4.91. The van der Waals surface area contributed by atoms with Crippen LogP contribution in [0.1, 0.15) is 27.2 Å². The second-order valence-corrected chi connectivity index (χ2v) is 4.17. The largest absolute Gasteiger partial charge is 0.475 e. The highest BCUT2D eigenvalue weighted by Gasteiger charge is 2.12. The van der Waals surface area contributed by atoms with Gasteiger partial charge in [0.05, 0.1) is 6.26 Å². The molecule has 0 radical (unpaired) electrons. The molecule has 0 amide bonds. The van der Waals surface area contributed by atoms with Crippen molar-refractivity contribution in [3.8, 4) is 0 Å². The lowest BCUT2D eigenvalue weighted by atomic mass is 10.1. The Kier molecular flexibility index (Phi) is 3.79. The predicted molar refractivity (Wildman–Crippen MR) is 67.4 cm³/mol. The van der Waals surface area contributed by atoms with E-state index >= 15 is 0 Å². The Balaban J connectivity index is 1.92. The molecule has 2 rings (SSSR count). The van der Waals surface area contributed by atoms with E-state index in [1.165, 1.54) is 17.4 Å². The number of carboxylic acids is 1. The van der Waals surface area contributed by atoms with Gasteiger partial charge < -0.3 is 14.8 Å². The molecule has 1 aromatic heterocycles. The molecule has 0 atom stereocenters. The Morgan fingerprint density at radius 2 is 2.17 bits per heavy atom. The quantitative estimate of drug-likeness (QED) is 0.849. The van der Waals surface area contributed by atoms with Gasteiger partial charge in [-0.05, 0) is 18.6 Å². The van der Waals surface area contributed by atoms with Crippen LogP contribution in [0.25, 0.3) is 0 Å². The van der Waals surface area contributed by atoms with E-state index in [0.29, 0.717) is 18.7 Å². The molecule has 2 aromatic rings. The lowest BCUT2D eigenvalue weighted by Gasteiger charge is -2.05. The van der Waals surface area contributed by atoms with E-state index < -0.39 is 5.97 Å². The van der Waals surface area contributed by atoms with Crippen LogP contribution in [0, 0.1) is 6.92 Å². The minimum absolute atomic E-state index is 0.00624. The molecular formula is C14H15NO3. The Bertz CT molecular complexity index is 545. The Labute approximate surface area is 105 Å². The Hall–Kier alpha value is -2.07. The number of benzene rings is 1. The van der Waals surface area contributed by atoms with Gasteiger partial charge in [0.2, 0.25) is 5.76 Å². The van der Waals surface area contributed by atoms with Crippen molar-refractivity contribution >= 4 is 5.97 Å². The summed E-state index contributed by atoms with van der Waals surface area (Å²) in [5.74, 6) is -1.03. The van der Waals surface area contributed by atoms with Crippen molar-refractivity contribution in [1.82, 2.24) is 5.32 Å². The van der Waals surface area contributed by atoms with Crippen LogP contribution in [0.5, 0.6) is 0 Å². The fourth-order valence-electron chi connectivity index (χ4n) is 1.83. The topological polar surface area (TPSA) is 62.5 Å². The van der Waals surface area contributed by atoms with Gasteiger partial charge in [-0.25, -0.2) is 4.79 Å². The first-order valence-electron chi connectivity index (χ1n) is 5.73. The molecule has 0 unspecified atom stereocenters. The molecule has 1 heterocycles. The van der Waals surface area contributed by atoms with Crippen molar-refractivity contribution in [1.29, 1.82) is 0 Å². The minimum Gasteiger partial charge on any atom is -0.475 e. The molecule has 0 saturated carbocycles. The highest BCUT2D eigenvalue weighted by molar-refractivity contribution is 5.86. The second-order valence-electron chi connectivity index (χ2n) is 4.17. The minimum atomic E-state index is -1.03. The Morgan fingerprint density at radius 1 is 1.33 bits per heavy atom. The average molecular weight is 245 g/mol. The number of hydrogen-bond donors (Lipinski definition) is 2. The van der Waals surface area contributed by atoms with E-state index in [1.807, 2.05) is 25.1 Å². The van der Waals surface area contributed by atoms with Crippen molar-refractivity contribution in [2.24, 2.45) is 0 Å². The van der Waals surface area contributed by atoms with Gasteiger partial charge in [-0.1, -0.05) is 29.8 Å². The highest BCUT2D eigenvalue weighted by atomic mass is 16.4. The van der Waals surface area contributed by atoms with Gasteiger partial charge in [-0.3, -0.25) is 0 Å². The molecule has 94 valence electrons. The third kappa shape index (κ3) is 2.99. The van der Waals surface area contributed by atoms with E-state index in [1.54, 1.807) is 6.07 Å². The molecule has 18 heavy (non-hydrogen) atoms. The summed E-state index contributed by atoms with van der Waals surface area (Å²) in [6, 6.07) is 9.86. The van der Waals surface area contributed by atoms with E-state index in [0.717, 1.165) is 0 Å². The van der Waals surface area contributed by atoms with Crippen LogP contribution in [-0.2, 0) is 13.1 Å². The second kappa shape index (κ2) is 5.51. The van der Waals surface area contributed by atoms with Crippen LogP contribution in [-0.4, -0.2) is 11.1 Å². The predicted octanol–water partition coefficient (Wildman–Crippen LogP) is 2.58. The first kappa shape index (κ1) is 12.4. The molecule has 0 aliphatic rings. The molecule has 0 fully saturated rings. The molecule has 0 spiro atoms. The van der Waals surface area contributed by atoms with Crippen LogP contribution in [0.2, 0.25) is 0 Å². The zero-order valence-electron chi connectivity index (χ0n) is 10.1. The number of aryl methyl sites for hydroxylation is 1. The molecule has 0 aliphatic carbocycles. The van der Waals surface area contributed by atoms with Crippen LogP contribution in [0.3, 0.4) is 0 Å². The van der Waals surface area contributed by atoms with Crippen molar-refractivity contribution in [3.05, 3.63) is 59.0 Å². The zero-order chi connectivity index (χ0) is 13.0. The summed E-state index contributed by atoms with van der Waals surface area (Å²) in [6.07, 6.45) is 1.40. The van der Waals surface area contributed by atoms with Crippen LogP contribution >= 0.6 is 0 Å². The molecule has 2 N–H and O–H groups in total. The number of carbonyl (C=O) groups is 1. The van der Waals surface area contributed by atoms with Crippen LogP contribution < -0.4 is 5.32 Å². The summed E-state index contributed by atoms with van der Waals surface area (Å²) in [5, 5.41) is 12.1. The standard InChI is InChI=1S/C14H15NO3/c1-10-3-2-4-11(7-10)8-15-9-12-5-6-18-13(12)14(16)17/h2-7,15H,8-9H2,1H3,(H,16,17). The van der Waals surface area contributed by atoms with E-state index in [9.17, 15) is 4.79 Å². The summed E-state index contributed by atoms with van der Waals surface area (Å²) in [5.41, 5.74) is 3.05. The summed E-state index contributed by atoms with van der Waals surface area (Å²) in [7, 11) is 0. The fraction of sp³-hybridized carbons (Fsp3) is 0.214. The maximum absolute atomic E-state index is 10.8. The molecule has 1 aromatic carbocycles. The normalized spacial score (nSPS) is 10.5. The number of hydrogen-bond acceptors (Lipinski definition) is 3. The van der Waals surface area contributed by atoms with Crippen LogP contribution in [0.15, 0.2) is 41.0 Å². The molecule has 4 heteroatoms. The summed E-state index contributed by atoms with van der Waals surface area (Å²) >= 11 is 0. The maximum Gasteiger partial charge on any atom is 0.372 e. The third-order valence-corrected chi connectivity index (χ3v) is 2.67. The Morgan fingerprint density at radius 3 is 2.89 bits per heavy atom. The molecule has 0 saturated heterocycles. The average Bonchev–Trinajstić information content (AvgIpc) is 2.77. The molecule has 0 aliphatic heterocycles. The number of aromatic carboxylic acids is 1. The molecule has 0 bridgehead atoms. The van der Waals surface area contributed by atoms with E-state index in [4.69, 9.17) is 9.52 Å². The van der Waals surface area contributed by atoms with Gasteiger partial charge in [-0.15, -0.1) is 0 Å². The van der Waals surface area contributed by atoms with Crippen LogP contribution in [0.4, 0.5) is 0 Å². The van der Waals surface area contributed by atoms with Gasteiger partial charge in [0, 0.05) is 18.7 Å². The lowest BCUT2D eigenvalue weighted by Crippen LogP contribution is -2.14. The van der Waals surface area contributed by atoms with E-state index in [2.05, 4.69) is 11.4 Å². The fourth-order valence-corrected chi connectivity index (χ4v) is 1.83. The maximum atomic E-state index is 10.8. The van der Waals surface area contributed by atoms with Crippen molar-refractivity contribution in [2.75, 3.05) is 0 Å². The zero-order valence-corrected chi connectivity index (χ0v) is 10.1. The highest BCUT2D eigenvalue weighted by Crippen LogP contribution is 2.10. The SMILES string of the molecule is Cc1cccc(CNCc2ccoc2C(=O)O)c1. The van der Waals surface area contributed by atoms with Crippen molar-refractivity contribution in [3.63, 3.8) is 0 Å². The monoisotopic (exact) mass is 245 g/mol.